The maximum atomic E-state index is 14.6. The number of rotatable bonds is 4. The van der Waals surface area contributed by atoms with Gasteiger partial charge in [-0.1, -0.05) is 0 Å². The first-order valence-corrected chi connectivity index (χ1v) is 14.5. The number of aromatic nitrogens is 4. The third-order valence-corrected chi connectivity index (χ3v) is 9.50. The maximum absolute atomic E-state index is 14.6. The van der Waals surface area contributed by atoms with Crippen LogP contribution in [0, 0.1) is 5.82 Å². The van der Waals surface area contributed by atoms with Crippen LogP contribution in [-0.2, 0) is 16.3 Å². The molecule has 9 nitrogen and oxygen atoms in total. The predicted molar refractivity (Wildman–Crippen MR) is 141 cm³/mol. The number of imidazole rings is 1. The van der Waals surface area contributed by atoms with E-state index in [4.69, 9.17) is 5.10 Å². The lowest BCUT2D eigenvalue weighted by atomic mass is 10.0. The van der Waals surface area contributed by atoms with Gasteiger partial charge in [0.15, 0.2) is 9.84 Å². The highest BCUT2D eigenvalue weighted by atomic mass is 32.2. The molecule has 4 heterocycles. The molecule has 2 aromatic heterocycles. The highest BCUT2D eigenvalue weighted by Crippen LogP contribution is 2.42. The van der Waals surface area contributed by atoms with Gasteiger partial charge in [-0.2, -0.15) is 5.10 Å². The number of hydrogen-bond acceptors (Lipinski definition) is 6. The Morgan fingerprint density at radius 3 is 2.63 bits per heavy atom. The number of halogens is 1. The summed E-state index contributed by atoms with van der Waals surface area (Å²) in [5, 5.41) is 11.5. The van der Waals surface area contributed by atoms with Crippen molar-refractivity contribution in [3.05, 3.63) is 81.9 Å². The molecule has 2 N–H and O–H groups in total. The first-order valence-electron chi connectivity index (χ1n) is 12.9. The van der Waals surface area contributed by atoms with E-state index in [1.165, 1.54) is 10.6 Å². The van der Waals surface area contributed by atoms with E-state index < -0.39 is 9.84 Å². The average Bonchev–Trinajstić information content (AvgIpc) is 3.56. The van der Waals surface area contributed by atoms with Gasteiger partial charge >= 0.3 is 5.69 Å². The Hall–Kier alpha value is -3.70. The Labute approximate surface area is 218 Å². The van der Waals surface area contributed by atoms with E-state index in [0.29, 0.717) is 35.0 Å². The van der Waals surface area contributed by atoms with Crippen molar-refractivity contribution < 1.29 is 12.8 Å². The van der Waals surface area contributed by atoms with Crippen LogP contribution in [0.1, 0.15) is 48.5 Å². The van der Waals surface area contributed by atoms with Crippen molar-refractivity contribution in [1.29, 1.82) is 0 Å². The third kappa shape index (κ3) is 3.64. The van der Waals surface area contributed by atoms with Gasteiger partial charge < -0.3 is 10.6 Å². The largest absolute Gasteiger partial charge is 0.383 e. The summed E-state index contributed by atoms with van der Waals surface area (Å²) in [7, 11) is -3.34. The third-order valence-electron chi connectivity index (χ3n) is 7.73. The van der Waals surface area contributed by atoms with Crippen molar-refractivity contribution in [3.63, 3.8) is 0 Å². The van der Waals surface area contributed by atoms with Gasteiger partial charge in [-0.3, -0.25) is 9.13 Å². The average molecular weight is 535 g/mol. The number of nitrogens with zero attached hydrogens (tertiary/aromatic N) is 4. The van der Waals surface area contributed by atoms with Crippen LogP contribution in [0.2, 0.25) is 0 Å². The van der Waals surface area contributed by atoms with Gasteiger partial charge in [0.1, 0.15) is 11.6 Å². The monoisotopic (exact) mass is 534 g/mol. The topological polar surface area (TPSA) is 103 Å². The zero-order chi connectivity index (χ0) is 26.2. The summed E-state index contributed by atoms with van der Waals surface area (Å²) < 4.78 is 44.2. The summed E-state index contributed by atoms with van der Waals surface area (Å²) >= 11 is 0. The van der Waals surface area contributed by atoms with Gasteiger partial charge in [-0.15, -0.1) is 0 Å². The van der Waals surface area contributed by atoms with Crippen LogP contribution in [0.4, 0.5) is 10.1 Å². The molecular weight excluding hydrogens is 507 g/mol. The lowest BCUT2D eigenvalue weighted by Crippen LogP contribution is -2.30. The van der Waals surface area contributed by atoms with Crippen LogP contribution in [0.15, 0.2) is 58.5 Å². The number of nitrogens with one attached hydrogen (secondary N) is 2. The highest BCUT2D eigenvalue weighted by Gasteiger charge is 2.31. The molecule has 0 unspecified atom stereocenters. The second-order valence-corrected chi connectivity index (χ2v) is 12.3. The molecule has 4 aromatic rings. The van der Waals surface area contributed by atoms with Crippen LogP contribution >= 0.6 is 0 Å². The standard InChI is InChI=1S/C27H27FN6O3S/c1-16-25-22(8-9-29-16)31-34(19-4-6-21(28)20(14-19)17-2-3-17)26(25)33-12-11-32(27(33)35)18-5-7-24-23(15-18)30-10-13-38(24,36)37/h4-7,11-12,14-17,29-30H,2-3,8-10,13H2,1H3/t16-/m0/s1. The quantitative estimate of drug-likeness (QED) is 0.417. The Bertz CT molecular complexity index is 1770. The molecule has 38 heavy (non-hydrogen) atoms. The van der Waals surface area contributed by atoms with E-state index in [9.17, 15) is 17.6 Å². The maximum Gasteiger partial charge on any atom is 0.338 e. The minimum absolute atomic E-state index is 0.0285. The van der Waals surface area contributed by atoms with E-state index in [1.807, 2.05) is 13.0 Å². The lowest BCUT2D eigenvalue weighted by molar-refractivity contribution is 0.536. The van der Waals surface area contributed by atoms with E-state index in [-0.39, 0.29) is 34.1 Å². The Morgan fingerprint density at radius 1 is 1.03 bits per heavy atom. The van der Waals surface area contributed by atoms with Gasteiger partial charge in [0.2, 0.25) is 0 Å². The van der Waals surface area contributed by atoms with Crippen molar-refractivity contribution in [1.82, 2.24) is 24.2 Å². The van der Waals surface area contributed by atoms with Crippen molar-refractivity contribution in [2.24, 2.45) is 0 Å². The zero-order valence-corrected chi connectivity index (χ0v) is 21.6. The number of sulfone groups is 1. The first kappa shape index (κ1) is 23.4. The molecule has 1 aliphatic carbocycles. The van der Waals surface area contributed by atoms with Crippen LogP contribution in [0.5, 0.6) is 0 Å². The van der Waals surface area contributed by atoms with E-state index in [0.717, 1.165) is 37.1 Å². The SMILES string of the molecule is C[C@@H]1NCCc2nn(-c3ccc(F)c(C4CC4)c3)c(-n3ccn(-c4ccc5c(c4)NCCS5(=O)=O)c3=O)c21. The number of fused-ring (bicyclic) bond motifs is 2. The van der Waals surface area contributed by atoms with Gasteiger partial charge in [-0.05, 0) is 67.6 Å². The van der Waals surface area contributed by atoms with Crippen molar-refractivity contribution >= 4 is 15.5 Å². The summed E-state index contributed by atoms with van der Waals surface area (Å²) in [4.78, 5) is 14.1. The molecule has 11 heteroatoms. The van der Waals surface area contributed by atoms with Gasteiger partial charge in [-0.25, -0.2) is 22.3 Å². The molecule has 0 spiro atoms. The number of hydrogen-bond donors (Lipinski definition) is 2. The molecule has 0 radical (unpaired) electrons. The number of benzene rings is 2. The highest BCUT2D eigenvalue weighted by molar-refractivity contribution is 7.91. The van der Waals surface area contributed by atoms with Crippen molar-refractivity contribution in [2.75, 3.05) is 24.2 Å². The molecule has 2 aliphatic heterocycles. The zero-order valence-electron chi connectivity index (χ0n) is 20.8. The summed E-state index contributed by atoms with van der Waals surface area (Å²) in [6.07, 6.45) is 6.04. The van der Waals surface area contributed by atoms with Crippen molar-refractivity contribution in [2.45, 2.75) is 43.0 Å². The van der Waals surface area contributed by atoms with Gasteiger partial charge in [0.25, 0.3) is 0 Å². The fourth-order valence-electron chi connectivity index (χ4n) is 5.63. The van der Waals surface area contributed by atoms with Crippen molar-refractivity contribution in [3.8, 4) is 17.2 Å². The van der Waals surface area contributed by atoms with E-state index in [1.54, 1.807) is 45.9 Å². The fraction of sp³-hybridized carbons (Fsp3) is 0.333. The number of anilines is 1. The van der Waals surface area contributed by atoms with Crippen LogP contribution in [-0.4, -0.2) is 46.2 Å². The molecule has 2 aromatic carbocycles. The summed E-state index contributed by atoms with van der Waals surface area (Å²) in [5.74, 6) is 0.684. The fourth-order valence-corrected chi connectivity index (χ4v) is 6.96. The summed E-state index contributed by atoms with van der Waals surface area (Å²) in [5.41, 5.74) is 3.99. The minimum atomic E-state index is -3.34. The molecule has 1 atom stereocenters. The second kappa shape index (κ2) is 8.40. The smallest absolute Gasteiger partial charge is 0.338 e. The Balaban J connectivity index is 1.39. The Morgan fingerprint density at radius 2 is 1.82 bits per heavy atom. The molecule has 7 rings (SSSR count). The molecule has 1 fully saturated rings. The lowest BCUT2D eigenvalue weighted by Gasteiger charge is -2.21. The Kier molecular flexibility index (Phi) is 5.18. The first-order chi connectivity index (χ1) is 18.3. The van der Waals surface area contributed by atoms with Crippen LogP contribution < -0.4 is 16.3 Å². The molecular formula is C27H27FN6O3S. The van der Waals surface area contributed by atoms with Crippen LogP contribution in [0.3, 0.4) is 0 Å². The van der Waals surface area contributed by atoms with Gasteiger partial charge in [0.05, 0.1) is 33.4 Å². The summed E-state index contributed by atoms with van der Waals surface area (Å²) in [6.45, 7) is 3.15. The van der Waals surface area contributed by atoms with Gasteiger partial charge in [0, 0.05) is 43.5 Å². The molecule has 0 bridgehead atoms. The van der Waals surface area contributed by atoms with E-state index >= 15 is 0 Å². The molecule has 0 saturated heterocycles. The second-order valence-electron chi connectivity index (χ2n) is 10.2. The normalized spacial score (nSPS) is 20.0. The van der Waals surface area contributed by atoms with Crippen LogP contribution in [0.25, 0.3) is 17.2 Å². The summed E-state index contributed by atoms with van der Waals surface area (Å²) in [6, 6.07) is 9.90. The molecule has 0 amide bonds. The molecule has 1 saturated carbocycles. The molecule has 3 aliphatic rings. The van der Waals surface area contributed by atoms with E-state index in [2.05, 4.69) is 10.6 Å². The molecule has 196 valence electrons. The minimum Gasteiger partial charge on any atom is -0.383 e. The predicted octanol–water partition coefficient (Wildman–Crippen LogP) is 3.24.